The number of para-hydroxylation sites is 4. The Bertz CT molecular complexity index is 3030. The molecular formula is C46H28N4O. The minimum atomic E-state index is -0.643. The van der Waals surface area contributed by atoms with Gasteiger partial charge in [0.1, 0.15) is 17.0 Å². The molecule has 10 aromatic rings. The molecule has 5 heteroatoms. The Labute approximate surface area is 292 Å². The van der Waals surface area contributed by atoms with Crippen molar-refractivity contribution in [3.8, 4) is 34.1 Å². The topological polar surface area (TPSA) is 36.9 Å². The maximum atomic E-state index is 6.83. The third kappa shape index (κ3) is 3.33. The van der Waals surface area contributed by atoms with Gasteiger partial charge < -0.3 is 13.9 Å². The van der Waals surface area contributed by atoms with Crippen LogP contribution in [0.4, 0.5) is 0 Å². The number of benzene rings is 7. The highest BCUT2D eigenvalue weighted by Gasteiger charge is 2.52. The van der Waals surface area contributed by atoms with Gasteiger partial charge in [-0.2, -0.15) is 5.10 Å². The molecular weight excluding hydrogens is 625 g/mol. The fraction of sp³-hybridized carbons (Fsp3) is 0.0217. The summed E-state index contributed by atoms with van der Waals surface area (Å²) in [7, 11) is 0. The Morgan fingerprint density at radius 2 is 0.980 bits per heavy atom. The summed E-state index contributed by atoms with van der Waals surface area (Å²) in [5.74, 6) is 1.68. The minimum absolute atomic E-state index is 0.643. The van der Waals surface area contributed by atoms with Crippen LogP contribution in [0, 0.1) is 0 Å². The molecule has 1 unspecified atom stereocenters. The lowest BCUT2D eigenvalue weighted by atomic mass is 9.75. The Hall–Kier alpha value is -6.85. The van der Waals surface area contributed by atoms with E-state index in [1.165, 1.54) is 43.7 Å². The van der Waals surface area contributed by atoms with Crippen LogP contribution in [0.15, 0.2) is 170 Å². The van der Waals surface area contributed by atoms with Crippen LogP contribution in [0.3, 0.4) is 0 Å². The van der Waals surface area contributed by atoms with Crippen LogP contribution < -0.4 is 4.74 Å². The van der Waals surface area contributed by atoms with Crippen LogP contribution in [0.2, 0.25) is 0 Å². The number of fused-ring (bicyclic) bond motifs is 15. The summed E-state index contributed by atoms with van der Waals surface area (Å²) in [6.07, 6.45) is 1.91. The van der Waals surface area contributed by atoms with Crippen LogP contribution in [-0.2, 0) is 5.54 Å². The number of nitrogens with zero attached hydrogens (tertiary/aromatic N) is 4. The van der Waals surface area contributed by atoms with Crippen molar-refractivity contribution in [2.75, 3.05) is 0 Å². The van der Waals surface area contributed by atoms with E-state index >= 15 is 0 Å². The van der Waals surface area contributed by atoms with Crippen LogP contribution in [0.1, 0.15) is 16.7 Å². The first-order chi connectivity index (χ1) is 25.3. The molecule has 0 aliphatic carbocycles. The van der Waals surface area contributed by atoms with E-state index < -0.39 is 5.54 Å². The van der Waals surface area contributed by atoms with E-state index in [0.717, 1.165) is 50.7 Å². The number of aromatic nitrogens is 4. The van der Waals surface area contributed by atoms with E-state index in [4.69, 9.17) is 9.84 Å². The molecule has 1 spiro atoms. The summed E-state index contributed by atoms with van der Waals surface area (Å²) in [5, 5.41) is 9.90. The highest BCUT2D eigenvalue weighted by Crippen LogP contribution is 2.58. The van der Waals surface area contributed by atoms with Crippen LogP contribution in [0.25, 0.3) is 66.2 Å². The van der Waals surface area contributed by atoms with Gasteiger partial charge in [-0.15, -0.1) is 0 Å². The molecule has 238 valence electrons. The van der Waals surface area contributed by atoms with Gasteiger partial charge in [-0.25, -0.2) is 4.68 Å². The second kappa shape index (κ2) is 9.65. The van der Waals surface area contributed by atoms with Crippen LogP contribution in [-0.4, -0.2) is 18.9 Å². The third-order valence-corrected chi connectivity index (χ3v) is 11.2. The average Bonchev–Trinajstić information content (AvgIpc) is 3.94. The molecule has 51 heavy (non-hydrogen) atoms. The first-order valence-electron chi connectivity index (χ1n) is 17.4. The summed E-state index contributed by atoms with van der Waals surface area (Å²) in [5.41, 5.74) is 11.9. The highest BCUT2D eigenvalue weighted by atomic mass is 16.5. The maximum Gasteiger partial charge on any atom is 0.146 e. The number of rotatable bonds is 2. The largest absolute Gasteiger partial charge is 0.456 e. The zero-order valence-corrected chi connectivity index (χ0v) is 27.4. The Balaban J connectivity index is 1.10. The molecule has 0 radical (unpaired) electrons. The van der Waals surface area contributed by atoms with Gasteiger partial charge in [0.2, 0.25) is 0 Å². The summed E-state index contributed by atoms with van der Waals surface area (Å²) < 4.78 is 13.8. The van der Waals surface area contributed by atoms with Crippen molar-refractivity contribution < 1.29 is 4.74 Å². The van der Waals surface area contributed by atoms with E-state index in [-0.39, 0.29) is 0 Å². The summed E-state index contributed by atoms with van der Waals surface area (Å²) in [6.45, 7) is 0. The van der Waals surface area contributed by atoms with Gasteiger partial charge in [-0.3, -0.25) is 0 Å². The molecule has 12 rings (SSSR count). The van der Waals surface area contributed by atoms with E-state index in [2.05, 4.69) is 172 Å². The Kier molecular flexibility index (Phi) is 5.11. The van der Waals surface area contributed by atoms with Crippen molar-refractivity contribution >= 4 is 43.6 Å². The number of hydrogen-bond donors (Lipinski definition) is 0. The molecule has 0 saturated carbocycles. The van der Waals surface area contributed by atoms with Gasteiger partial charge in [-0.05, 0) is 60.2 Å². The van der Waals surface area contributed by atoms with E-state index in [0.29, 0.717) is 0 Å². The quantitative estimate of drug-likeness (QED) is 0.186. The molecule has 2 aliphatic heterocycles. The third-order valence-electron chi connectivity index (χ3n) is 11.2. The lowest BCUT2D eigenvalue weighted by Crippen LogP contribution is -2.38. The normalized spacial score (nSPS) is 15.7. The average molecular weight is 653 g/mol. The highest BCUT2D eigenvalue weighted by molar-refractivity contribution is 6.12. The zero-order valence-electron chi connectivity index (χ0n) is 27.4. The molecule has 5 nitrogen and oxygen atoms in total. The van der Waals surface area contributed by atoms with Gasteiger partial charge in [0.15, 0.2) is 0 Å². The van der Waals surface area contributed by atoms with Gasteiger partial charge >= 0.3 is 0 Å². The molecule has 0 saturated heterocycles. The molecule has 0 bridgehead atoms. The van der Waals surface area contributed by atoms with Gasteiger partial charge in [0.05, 0.1) is 27.8 Å². The van der Waals surface area contributed by atoms with Gasteiger partial charge in [-0.1, -0.05) is 103 Å². The lowest BCUT2D eigenvalue weighted by molar-refractivity contribution is 0.382. The monoisotopic (exact) mass is 652 g/mol. The predicted molar refractivity (Wildman–Crippen MR) is 205 cm³/mol. The zero-order chi connectivity index (χ0) is 33.3. The molecule has 1 atom stereocenters. The van der Waals surface area contributed by atoms with E-state index in [1.807, 2.05) is 12.3 Å². The smallest absolute Gasteiger partial charge is 0.146 e. The molecule has 7 aromatic carbocycles. The summed E-state index contributed by atoms with van der Waals surface area (Å²) in [4.78, 5) is 0. The predicted octanol–water partition coefficient (Wildman–Crippen LogP) is 11.0. The first-order valence-corrected chi connectivity index (χ1v) is 17.4. The molecule has 5 heterocycles. The second-order valence-electron chi connectivity index (χ2n) is 13.6. The van der Waals surface area contributed by atoms with Crippen molar-refractivity contribution in [1.82, 2.24) is 18.9 Å². The standard InChI is InChI=1S/C46H28N4O/c1-5-15-36-34(14-1)43-25-26-47-50(43)46(36)37-16-6-10-20-44(37)51-45-28-30(21-23-38(45)46)49-41-19-9-4-13-33(41)35-27-29(22-24-42(35)49)48-39-17-7-2-11-31(39)32-12-3-8-18-40(32)48/h1-28H. The van der Waals surface area contributed by atoms with Gasteiger partial charge in [0, 0.05) is 61.9 Å². The molecule has 0 amide bonds. The van der Waals surface area contributed by atoms with Gasteiger partial charge in [0.25, 0.3) is 0 Å². The van der Waals surface area contributed by atoms with Crippen molar-refractivity contribution in [3.05, 3.63) is 187 Å². The maximum absolute atomic E-state index is 6.83. The van der Waals surface area contributed by atoms with Crippen molar-refractivity contribution in [2.24, 2.45) is 0 Å². The Morgan fingerprint density at radius 3 is 1.73 bits per heavy atom. The van der Waals surface area contributed by atoms with Crippen LogP contribution >= 0.6 is 0 Å². The summed E-state index contributed by atoms with van der Waals surface area (Å²) in [6, 6.07) is 58.9. The SMILES string of the molecule is c1ccc2c(c1)Oc1cc(-n3c4ccccc4c4cc(-n5c6ccccc6c6ccccc65)ccc43)ccc1C21c2ccccc2-c2ccnn21. The first kappa shape index (κ1) is 27.0. The fourth-order valence-corrected chi connectivity index (χ4v) is 9.16. The molecule has 0 N–H and O–H groups in total. The van der Waals surface area contributed by atoms with Crippen LogP contribution in [0.5, 0.6) is 11.5 Å². The lowest BCUT2D eigenvalue weighted by Gasteiger charge is -2.39. The fourth-order valence-electron chi connectivity index (χ4n) is 9.16. The van der Waals surface area contributed by atoms with Crippen molar-refractivity contribution in [1.29, 1.82) is 0 Å². The molecule has 2 aliphatic rings. The molecule has 0 fully saturated rings. The van der Waals surface area contributed by atoms with Crippen molar-refractivity contribution in [3.63, 3.8) is 0 Å². The minimum Gasteiger partial charge on any atom is -0.456 e. The van der Waals surface area contributed by atoms with Crippen molar-refractivity contribution in [2.45, 2.75) is 5.54 Å². The van der Waals surface area contributed by atoms with E-state index in [1.54, 1.807) is 0 Å². The molecule has 3 aromatic heterocycles. The summed E-state index contributed by atoms with van der Waals surface area (Å²) >= 11 is 0. The number of ether oxygens (including phenoxy) is 1. The van der Waals surface area contributed by atoms with E-state index in [9.17, 15) is 0 Å². The second-order valence-corrected chi connectivity index (χ2v) is 13.6. The Morgan fingerprint density at radius 1 is 0.431 bits per heavy atom. The number of hydrogen-bond acceptors (Lipinski definition) is 2.